The van der Waals surface area contributed by atoms with Crippen LogP contribution in [0.4, 0.5) is 5.69 Å². The highest BCUT2D eigenvalue weighted by Gasteiger charge is 2.24. The van der Waals surface area contributed by atoms with Crippen LogP contribution in [0.5, 0.6) is 0 Å². The van der Waals surface area contributed by atoms with Crippen molar-refractivity contribution >= 4 is 11.7 Å². The third-order valence-corrected chi connectivity index (χ3v) is 3.75. The van der Waals surface area contributed by atoms with E-state index < -0.39 is 5.97 Å². The number of aliphatic carboxylic acids is 1. The van der Waals surface area contributed by atoms with E-state index in [1.165, 1.54) is 11.3 Å². The topological polar surface area (TPSA) is 40.5 Å². The van der Waals surface area contributed by atoms with E-state index in [-0.39, 0.29) is 5.92 Å². The molecule has 0 amide bonds. The second kappa shape index (κ2) is 5.42. The van der Waals surface area contributed by atoms with Gasteiger partial charge in [-0.3, -0.25) is 4.79 Å². The first kappa shape index (κ1) is 12.9. The van der Waals surface area contributed by atoms with Gasteiger partial charge in [0.05, 0.1) is 5.92 Å². The molecule has 3 nitrogen and oxygen atoms in total. The maximum atomic E-state index is 10.9. The molecule has 1 saturated heterocycles. The molecule has 1 fully saturated rings. The van der Waals surface area contributed by atoms with Crippen LogP contribution >= 0.6 is 0 Å². The van der Waals surface area contributed by atoms with Crippen LogP contribution in [-0.4, -0.2) is 24.2 Å². The van der Waals surface area contributed by atoms with E-state index in [4.69, 9.17) is 5.11 Å². The van der Waals surface area contributed by atoms with E-state index in [0.29, 0.717) is 5.92 Å². The average Bonchev–Trinajstić information content (AvgIpc) is 2.39. The number of hydrogen-bond donors (Lipinski definition) is 1. The van der Waals surface area contributed by atoms with Gasteiger partial charge in [-0.15, -0.1) is 0 Å². The fraction of sp³-hybridized carbons (Fsp3) is 0.533. The molecule has 98 valence electrons. The standard InChI is InChI=1S/C15H21NO2/c1-11(2)13-4-3-5-14(10-13)16-8-6-12(7-9-16)15(17)18/h3-5,10-12H,6-9H2,1-2H3,(H,17,18). The molecular weight excluding hydrogens is 226 g/mol. The molecule has 3 heteroatoms. The number of hydrogen-bond acceptors (Lipinski definition) is 2. The summed E-state index contributed by atoms with van der Waals surface area (Å²) < 4.78 is 0. The molecule has 0 atom stereocenters. The molecule has 0 saturated carbocycles. The molecular formula is C15H21NO2. The number of carboxylic acids is 1. The minimum absolute atomic E-state index is 0.158. The second-order valence-electron chi connectivity index (χ2n) is 5.35. The average molecular weight is 247 g/mol. The van der Waals surface area contributed by atoms with Gasteiger partial charge in [-0.1, -0.05) is 26.0 Å². The van der Waals surface area contributed by atoms with Crippen LogP contribution in [-0.2, 0) is 4.79 Å². The van der Waals surface area contributed by atoms with Gasteiger partial charge in [0.25, 0.3) is 0 Å². The molecule has 1 N–H and O–H groups in total. The van der Waals surface area contributed by atoms with Gasteiger partial charge in [-0.25, -0.2) is 0 Å². The Morgan fingerprint density at radius 2 is 2.00 bits per heavy atom. The molecule has 0 spiro atoms. The van der Waals surface area contributed by atoms with Crippen LogP contribution in [0.2, 0.25) is 0 Å². The maximum Gasteiger partial charge on any atom is 0.306 e. The lowest BCUT2D eigenvalue weighted by molar-refractivity contribution is -0.142. The molecule has 2 rings (SSSR count). The van der Waals surface area contributed by atoms with Gasteiger partial charge in [-0.05, 0) is 36.5 Å². The molecule has 1 heterocycles. The third-order valence-electron chi connectivity index (χ3n) is 3.75. The van der Waals surface area contributed by atoms with Gasteiger partial charge >= 0.3 is 5.97 Å². The Bertz CT molecular complexity index is 420. The minimum atomic E-state index is -0.648. The van der Waals surface area contributed by atoms with Crippen LogP contribution < -0.4 is 4.90 Å². The van der Waals surface area contributed by atoms with Crippen molar-refractivity contribution in [3.05, 3.63) is 29.8 Å². The van der Waals surface area contributed by atoms with Crippen LogP contribution in [0.25, 0.3) is 0 Å². The van der Waals surface area contributed by atoms with E-state index >= 15 is 0 Å². The number of benzene rings is 1. The van der Waals surface area contributed by atoms with Gasteiger partial charge in [0.1, 0.15) is 0 Å². The molecule has 18 heavy (non-hydrogen) atoms. The first-order chi connectivity index (χ1) is 8.58. The summed E-state index contributed by atoms with van der Waals surface area (Å²) in [5, 5.41) is 8.99. The summed E-state index contributed by atoms with van der Waals surface area (Å²) in [6.45, 7) is 6.07. The first-order valence-corrected chi connectivity index (χ1v) is 6.65. The van der Waals surface area contributed by atoms with Crippen molar-refractivity contribution < 1.29 is 9.90 Å². The number of piperidine rings is 1. The lowest BCUT2D eigenvalue weighted by atomic mass is 9.96. The van der Waals surface area contributed by atoms with Gasteiger partial charge in [0.2, 0.25) is 0 Å². The Balaban J connectivity index is 2.05. The third kappa shape index (κ3) is 2.84. The molecule has 0 bridgehead atoms. The summed E-state index contributed by atoms with van der Waals surface area (Å²) in [6, 6.07) is 8.59. The van der Waals surface area contributed by atoms with Gasteiger partial charge in [0, 0.05) is 18.8 Å². The van der Waals surface area contributed by atoms with Crippen molar-refractivity contribution in [1.82, 2.24) is 0 Å². The Hall–Kier alpha value is -1.51. The second-order valence-corrected chi connectivity index (χ2v) is 5.35. The predicted octanol–water partition coefficient (Wildman–Crippen LogP) is 3.11. The molecule has 0 radical (unpaired) electrons. The smallest absolute Gasteiger partial charge is 0.306 e. The van der Waals surface area contributed by atoms with Gasteiger partial charge < -0.3 is 10.0 Å². The van der Waals surface area contributed by atoms with Crippen molar-refractivity contribution in [1.29, 1.82) is 0 Å². The van der Waals surface area contributed by atoms with Crippen molar-refractivity contribution in [3.8, 4) is 0 Å². The van der Waals surface area contributed by atoms with Crippen LogP contribution in [0.3, 0.4) is 0 Å². The summed E-state index contributed by atoms with van der Waals surface area (Å²) in [5.74, 6) is -0.276. The first-order valence-electron chi connectivity index (χ1n) is 6.65. The number of anilines is 1. The number of carbonyl (C=O) groups is 1. The van der Waals surface area contributed by atoms with E-state index in [0.717, 1.165) is 25.9 Å². The van der Waals surface area contributed by atoms with E-state index in [9.17, 15) is 4.79 Å². The summed E-state index contributed by atoms with van der Waals surface area (Å²) in [5.41, 5.74) is 2.57. The molecule has 0 aromatic heterocycles. The van der Waals surface area contributed by atoms with Crippen LogP contribution in [0.1, 0.15) is 38.2 Å². The van der Waals surface area contributed by atoms with Crippen molar-refractivity contribution in [2.45, 2.75) is 32.6 Å². The fourth-order valence-electron chi connectivity index (χ4n) is 2.47. The zero-order chi connectivity index (χ0) is 13.1. The number of carboxylic acid groups (broad SMARTS) is 1. The molecule has 1 aliphatic heterocycles. The van der Waals surface area contributed by atoms with Crippen molar-refractivity contribution in [3.63, 3.8) is 0 Å². The Morgan fingerprint density at radius 3 is 2.56 bits per heavy atom. The minimum Gasteiger partial charge on any atom is -0.481 e. The largest absolute Gasteiger partial charge is 0.481 e. The van der Waals surface area contributed by atoms with Crippen LogP contribution in [0, 0.1) is 5.92 Å². The van der Waals surface area contributed by atoms with Crippen molar-refractivity contribution in [2.75, 3.05) is 18.0 Å². The zero-order valence-electron chi connectivity index (χ0n) is 11.1. The zero-order valence-corrected chi connectivity index (χ0v) is 11.1. The lowest BCUT2D eigenvalue weighted by Gasteiger charge is -2.32. The van der Waals surface area contributed by atoms with Gasteiger partial charge in [-0.2, -0.15) is 0 Å². The highest BCUT2D eigenvalue weighted by atomic mass is 16.4. The summed E-state index contributed by atoms with van der Waals surface area (Å²) in [7, 11) is 0. The van der Waals surface area contributed by atoms with Crippen LogP contribution in [0.15, 0.2) is 24.3 Å². The summed E-state index contributed by atoms with van der Waals surface area (Å²) in [6.07, 6.45) is 1.50. The normalized spacial score (nSPS) is 17.2. The summed E-state index contributed by atoms with van der Waals surface area (Å²) >= 11 is 0. The molecule has 1 aromatic rings. The molecule has 0 unspecified atom stereocenters. The van der Waals surface area contributed by atoms with Crippen molar-refractivity contribution in [2.24, 2.45) is 5.92 Å². The van der Waals surface area contributed by atoms with E-state index in [2.05, 4.69) is 43.0 Å². The predicted molar refractivity (Wildman–Crippen MR) is 73.1 cm³/mol. The molecule has 0 aliphatic carbocycles. The van der Waals surface area contributed by atoms with Gasteiger partial charge in [0.15, 0.2) is 0 Å². The van der Waals surface area contributed by atoms with E-state index in [1.54, 1.807) is 0 Å². The Kier molecular flexibility index (Phi) is 3.90. The fourth-order valence-corrected chi connectivity index (χ4v) is 2.47. The molecule has 1 aliphatic rings. The monoisotopic (exact) mass is 247 g/mol. The highest BCUT2D eigenvalue weighted by Crippen LogP contribution is 2.26. The SMILES string of the molecule is CC(C)c1cccc(N2CCC(C(=O)O)CC2)c1. The number of nitrogens with zero attached hydrogens (tertiary/aromatic N) is 1. The van der Waals surface area contributed by atoms with E-state index in [1.807, 2.05) is 0 Å². The highest BCUT2D eigenvalue weighted by molar-refractivity contribution is 5.70. The summed E-state index contributed by atoms with van der Waals surface area (Å²) in [4.78, 5) is 13.2. The Labute approximate surface area is 108 Å². The molecule has 1 aromatic carbocycles. The maximum absolute atomic E-state index is 10.9. The number of rotatable bonds is 3. The lowest BCUT2D eigenvalue weighted by Crippen LogP contribution is -2.36. The quantitative estimate of drug-likeness (QED) is 0.892. The Morgan fingerprint density at radius 1 is 1.33 bits per heavy atom.